The Morgan fingerprint density at radius 3 is 1.88 bits per heavy atom. The van der Waals surface area contributed by atoms with E-state index < -0.39 is 0 Å². The molecule has 0 aromatic heterocycles. The van der Waals surface area contributed by atoms with E-state index in [9.17, 15) is 0 Å². The molecule has 134 valence electrons. The van der Waals surface area contributed by atoms with E-state index in [1.807, 2.05) is 42.5 Å². The summed E-state index contributed by atoms with van der Waals surface area (Å²) in [5.41, 5.74) is 2.12. The van der Waals surface area contributed by atoms with Crippen molar-refractivity contribution in [2.45, 2.75) is 13.8 Å². The number of hydrogen-bond acceptors (Lipinski definition) is 3. The number of aromatic hydroxyl groups is 1. The Balaban J connectivity index is 0.000000293. The van der Waals surface area contributed by atoms with Crippen molar-refractivity contribution in [3.8, 4) is 11.5 Å². The molecule has 0 fully saturated rings. The van der Waals surface area contributed by atoms with Gasteiger partial charge in [0.05, 0.1) is 6.61 Å². The van der Waals surface area contributed by atoms with Crippen LogP contribution in [0, 0.1) is 5.92 Å². The van der Waals surface area contributed by atoms with Gasteiger partial charge in [-0.15, -0.1) is 0 Å². The Hall–Kier alpha value is -2.52. The van der Waals surface area contributed by atoms with E-state index in [1.54, 1.807) is 18.2 Å². The molecule has 0 amide bonds. The van der Waals surface area contributed by atoms with E-state index in [2.05, 4.69) is 27.0 Å². The Morgan fingerprint density at radius 2 is 1.40 bits per heavy atom. The third-order valence-electron chi connectivity index (χ3n) is 3.19. The van der Waals surface area contributed by atoms with Crippen LogP contribution < -0.4 is 4.74 Å². The van der Waals surface area contributed by atoms with Crippen molar-refractivity contribution in [3.05, 3.63) is 72.8 Å². The minimum Gasteiger partial charge on any atom is -0.508 e. The third kappa shape index (κ3) is 9.38. The van der Waals surface area contributed by atoms with Crippen LogP contribution in [0.5, 0.6) is 11.5 Å². The maximum atomic E-state index is 8.82. The number of hydrogen-bond donors (Lipinski definition) is 1. The molecule has 0 aliphatic heterocycles. The maximum Gasteiger partial charge on any atom is 0.119 e. The molecule has 0 heterocycles. The van der Waals surface area contributed by atoms with Gasteiger partial charge in [0.1, 0.15) is 18.1 Å². The van der Waals surface area contributed by atoms with Crippen molar-refractivity contribution in [1.82, 2.24) is 0 Å². The summed E-state index contributed by atoms with van der Waals surface area (Å²) in [4.78, 5) is 0. The molecule has 0 atom stereocenters. The number of phenols is 1. The Morgan fingerprint density at radius 1 is 0.880 bits per heavy atom. The van der Waals surface area contributed by atoms with Crippen LogP contribution in [0.15, 0.2) is 61.7 Å². The number of phenolic OH excluding ortho intramolecular Hbond substituents is 1. The molecule has 2 aromatic rings. The SMILES string of the molecule is C=Cc1ccc(O)cc1.C=Cc1ccc(OCCOCC(C)C)cc1. The molecule has 25 heavy (non-hydrogen) atoms. The lowest BCUT2D eigenvalue weighted by molar-refractivity contribution is 0.0819. The van der Waals surface area contributed by atoms with Crippen molar-refractivity contribution in [3.63, 3.8) is 0 Å². The molecule has 0 radical (unpaired) electrons. The lowest BCUT2D eigenvalue weighted by Gasteiger charge is -2.08. The summed E-state index contributed by atoms with van der Waals surface area (Å²) in [5.74, 6) is 1.74. The van der Waals surface area contributed by atoms with Crippen LogP contribution in [-0.4, -0.2) is 24.9 Å². The van der Waals surface area contributed by atoms with Gasteiger partial charge in [0.2, 0.25) is 0 Å². The van der Waals surface area contributed by atoms with Crippen molar-refractivity contribution < 1.29 is 14.6 Å². The highest BCUT2D eigenvalue weighted by Crippen LogP contribution is 2.12. The molecule has 2 rings (SSSR count). The summed E-state index contributed by atoms with van der Waals surface area (Å²) < 4.78 is 10.9. The van der Waals surface area contributed by atoms with Crippen molar-refractivity contribution >= 4 is 12.2 Å². The van der Waals surface area contributed by atoms with Gasteiger partial charge in [-0.25, -0.2) is 0 Å². The third-order valence-corrected chi connectivity index (χ3v) is 3.19. The first-order valence-electron chi connectivity index (χ1n) is 8.39. The summed E-state index contributed by atoms with van der Waals surface area (Å²) in [5, 5.41) is 8.82. The van der Waals surface area contributed by atoms with Gasteiger partial charge in [-0.2, -0.15) is 0 Å². The minimum atomic E-state index is 0.292. The first-order valence-corrected chi connectivity index (χ1v) is 8.39. The highest BCUT2D eigenvalue weighted by Gasteiger charge is 1.95. The van der Waals surface area contributed by atoms with Crippen LogP contribution in [-0.2, 0) is 4.74 Å². The van der Waals surface area contributed by atoms with Gasteiger partial charge in [0.15, 0.2) is 0 Å². The van der Waals surface area contributed by atoms with Gasteiger partial charge in [-0.1, -0.05) is 63.4 Å². The Labute approximate surface area is 151 Å². The van der Waals surface area contributed by atoms with E-state index in [4.69, 9.17) is 14.6 Å². The maximum absolute atomic E-state index is 8.82. The summed E-state index contributed by atoms with van der Waals surface area (Å²) in [6, 6.07) is 14.7. The predicted molar refractivity (Wildman–Crippen MR) is 106 cm³/mol. The fourth-order valence-corrected chi connectivity index (χ4v) is 1.85. The average Bonchev–Trinajstić information content (AvgIpc) is 2.63. The summed E-state index contributed by atoms with van der Waals surface area (Å²) in [6.45, 7) is 13.6. The van der Waals surface area contributed by atoms with Gasteiger partial charge in [0, 0.05) is 6.61 Å². The molecular weight excluding hydrogens is 312 g/mol. The number of rotatable bonds is 8. The summed E-state index contributed by atoms with van der Waals surface area (Å²) in [6.07, 6.45) is 3.55. The molecule has 0 spiro atoms. The van der Waals surface area contributed by atoms with Crippen LogP contribution in [0.3, 0.4) is 0 Å². The molecule has 0 aliphatic carbocycles. The normalized spacial score (nSPS) is 9.88. The van der Waals surface area contributed by atoms with Gasteiger partial charge in [0.25, 0.3) is 0 Å². The second kappa shape index (κ2) is 11.9. The van der Waals surface area contributed by atoms with Crippen LogP contribution >= 0.6 is 0 Å². The second-order valence-electron chi connectivity index (χ2n) is 5.89. The van der Waals surface area contributed by atoms with Gasteiger partial charge in [-0.05, 0) is 41.3 Å². The van der Waals surface area contributed by atoms with Crippen molar-refractivity contribution in [2.24, 2.45) is 5.92 Å². The molecule has 3 nitrogen and oxygen atoms in total. The number of ether oxygens (including phenoxy) is 2. The van der Waals surface area contributed by atoms with Gasteiger partial charge >= 0.3 is 0 Å². The van der Waals surface area contributed by atoms with E-state index in [0.717, 1.165) is 23.5 Å². The monoisotopic (exact) mass is 340 g/mol. The first-order chi connectivity index (χ1) is 12.0. The molecule has 0 saturated heterocycles. The molecule has 0 unspecified atom stereocenters. The lowest BCUT2D eigenvalue weighted by Crippen LogP contribution is -2.10. The molecule has 3 heteroatoms. The van der Waals surface area contributed by atoms with Gasteiger partial charge < -0.3 is 14.6 Å². The predicted octanol–water partition coefficient (Wildman–Crippen LogP) is 5.42. The Bertz CT molecular complexity index is 613. The number of benzene rings is 2. The second-order valence-corrected chi connectivity index (χ2v) is 5.89. The quantitative estimate of drug-likeness (QED) is 0.652. The highest BCUT2D eigenvalue weighted by molar-refractivity contribution is 5.48. The molecule has 0 saturated carbocycles. The molecule has 0 aliphatic rings. The van der Waals surface area contributed by atoms with E-state index in [0.29, 0.717) is 24.9 Å². The lowest BCUT2D eigenvalue weighted by atomic mass is 10.2. The van der Waals surface area contributed by atoms with E-state index in [1.165, 1.54) is 0 Å². The van der Waals surface area contributed by atoms with Gasteiger partial charge in [-0.3, -0.25) is 0 Å². The van der Waals surface area contributed by atoms with Crippen LogP contribution in [0.25, 0.3) is 12.2 Å². The highest BCUT2D eigenvalue weighted by atomic mass is 16.5. The topological polar surface area (TPSA) is 38.7 Å². The van der Waals surface area contributed by atoms with Crippen LogP contribution in [0.4, 0.5) is 0 Å². The zero-order valence-corrected chi connectivity index (χ0v) is 15.2. The standard InChI is InChI=1S/C14H20O2.C8H8O/c1-4-13-5-7-14(8-6-13)16-10-9-15-11-12(2)3;1-2-7-3-5-8(9)6-4-7/h4-8,12H,1,9-11H2,2-3H3;2-6,9H,1H2. The molecule has 2 aromatic carbocycles. The summed E-state index contributed by atoms with van der Waals surface area (Å²) >= 11 is 0. The zero-order valence-electron chi connectivity index (χ0n) is 15.2. The molecule has 0 bridgehead atoms. The fraction of sp³-hybridized carbons (Fsp3) is 0.273. The molecular formula is C22H28O3. The fourth-order valence-electron chi connectivity index (χ4n) is 1.85. The van der Waals surface area contributed by atoms with Crippen molar-refractivity contribution in [1.29, 1.82) is 0 Å². The zero-order chi connectivity index (χ0) is 18.5. The summed E-state index contributed by atoms with van der Waals surface area (Å²) in [7, 11) is 0. The molecule has 1 N–H and O–H groups in total. The largest absolute Gasteiger partial charge is 0.508 e. The first kappa shape index (κ1) is 20.5. The minimum absolute atomic E-state index is 0.292. The smallest absolute Gasteiger partial charge is 0.119 e. The Kier molecular flexibility index (Phi) is 9.79. The van der Waals surface area contributed by atoms with Crippen molar-refractivity contribution in [2.75, 3.05) is 19.8 Å². The average molecular weight is 340 g/mol. The van der Waals surface area contributed by atoms with E-state index in [-0.39, 0.29) is 0 Å². The van der Waals surface area contributed by atoms with Crippen LogP contribution in [0.1, 0.15) is 25.0 Å². The van der Waals surface area contributed by atoms with Crippen LogP contribution in [0.2, 0.25) is 0 Å². The van der Waals surface area contributed by atoms with E-state index >= 15 is 0 Å².